The van der Waals surface area contributed by atoms with Gasteiger partial charge in [-0.05, 0) is 41.7 Å². The van der Waals surface area contributed by atoms with Gasteiger partial charge in [-0.1, -0.05) is 40.1 Å². The molecule has 2 heterocycles. The van der Waals surface area contributed by atoms with Crippen LogP contribution < -0.4 is 4.90 Å². The maximum atomic E-state index is 12.7. The first kappa shape index (κ1) is 22.8. The molecule has 0 aromatic carbocycles. The van der Waals surface area contributed by atoms with Gasteiger partial charge >= 0.3 is 0 Å². The van der Waals surface area contributed by atoms with Crippen LogP contribution in [0.25, 0.3) is 0 Å². The largest absolute Gasteiger partial charge is 0.396 e. The van der Waals surface area contributed by atoms with E-state index in [2.05, 4.69) is 35.0 Å². The fraction of sp³-hybridized carbons (Fsp3) is 0.773. The van der Waals surface area contributed by atoms with Crippen LogP contribution in [0.4, 0.5) is 14.6 Å². The molecule has 0 amide bonds. The van der Waals surface area contributed by atoms with Crippen LogP contribution in [0.2, 0.25) is 0 Å². The number of halogens is 2. The zero-order valence-corrected chi connectivity index (χ0v) is 17.8. The molecule has 1 saturated heterocycles. The van der Waals surface area contributed by atoms with Gasteiger partial charge in [0.2, 0.25) is 0 Å². The fourth-order valence-electron chi connectivity index (χ4n) is 6.00. The molecule has 1 spiro atoms. The number of piperazine rings is 1. The molecular formula is C22H35F2N3OS. The molecule has 7 heteroatoms. The highest BCUT2D eigenvalue weighted by atomic mass is 32.2. The molecule has 1 aromatic rings. The third-order valence-corrected chi connectivity index (χ3v) is 9.66. The van der Waals surface area contributed by atoms with Crippen LogP contribution in [0.1, 0.15) is 53.0 Å². The van der Waals surface area contributed by atoms with Crippen molar-refractivity contribution in [3.05, 3.63) is 23.9 Å². The number of anilines is 1. The maximum Gasteiger partial charge on any atom is 0.265 e. The molecule has 4 rings (SSSR count). The van der Waals surface area contributed by atoms with Crippen molar-refractivity contribution in [2.75, 3.05) is 43.4 Å². The smallest absolute Gasteiger partial charge is 0.265 e. The Kier molecular flexibility index (Phi) is 6.25. The van der Waals surface area contributed by atoms with Crippen molar-refractivity contribution in [3.8, 4) is 0 Å². The van der Waals surface area contributed by atoms with E-state index in [1.165, 1.54) is 18.7 Å². The topological polar surface area (TPSA) is 39.6 Å². The van der Waals surface area contributed by atoms with Crippen LogP contribution in [0.5, 0.6) is 0 Å². The molecule has 3 aliphatic rings. The summed E-state index contributed by atoms with van der Waals surface area (Å²) < 4.78 is 27.8. The Morgan fingerprint density at radius 3 is 2.28 bits per heavy atom. The van der Waals surface area contributed by atoms with Gasteiger partial charge in [-0.25, -0.2) is 18.1 Å². The molecular weight excluding hydrogens is 392 g/mol. The number of aromatic nitrogens is 1. The molecule has 3 fully saturated rings. The van der Waals surface area contributed by atoms with Crippen molar-refractivity contribution in [2.24, 2.45) is 22.2 Å². The standard InChI is InChI=1S/C21H31F2N3OS.CH4/c1-15-19(2,3)21(15)7-6-20(21,13-27)14-28-26-10-8-25(9-11-26)17-5-4-16(12-24-17)18(22)23;/h4-5,12,15,18,27H,6-11,13-14H2,1-3H3;1H4. The Hall–Kier alpha value is -0.920. The normalized spacial score (nSPS) is 33.5. The van der Waals surface area contributed by atoms with Gasteiger partial charge in [0.25, 0.3) is 6.43 Å². The summed E-state index contributed by atoms with van der Waals surface area (Å²) in [5, 5.41) is 10.2. The van der Waals surface area contributed by atoms with E-state index in [-0.39, 0.29) is 25.0 Å². The molecule has 1 N–H and O–H groups in total. The first-order chi connectivity index (χ1) is 13.3. The molecule has 29 heavy (non-hydrogen) atoms. The lowest BCUT2D eigenvalue weighted by molar-refractivity contribution is -0.0532. The monoisotopic (exact) mass is 427 g/mol. The van der Waals surface area contributed by atoms with Crippen LogP contribution in [-0.2, 0) is 0 Å². The number of nitrogens with zero attached hydrogens (tertiary/aromatic N) is 3. The molecule has 4 nitrogen and oxygen atoms in total. The zero-order valence-electron chi connectivity index (χ0n) is 17.0. The van der Waals surface area contributed by atoms with Gasteiger partial charge in [-0.15, -0.1) is 0 Å². The van der Waals surface area contributed by atoms with Crippen molar-refractivity contribution in [1.82, 2.24) is 9.29 Å². The predicted molar refractivity (Wildman–Crippen MR) is 116 cm³/mol. The van der Waals surface area contributed by atoms with Crippen LogP contribution >= 0.6 is 11.9 Å². The van der Waals surface area contributed by atoms with Crippen LogP contribution in [0.3, 0.4) is 0 Å². The average molecular weight is 428 g/mol. The van der Waals surface area contributed by atoms with E-state index >= 15 is 0 Å². The minimum atomic E-state index is -2.47. The third kappa shape index (κ3) is 3.37. The SMILES string of the molecule is C.CC1C(C)(C)C12CCC2(CO)CSN1CCN(c2ccc(C(F)F)cn2)CC1. The highest BCUT2D eigenvalue weighted by Gasteiger charge is 2.80. The second kappa shape index (κ2) is 7.97. The van der Waals surface area contributed by atoms with E-state index in [9.17, 15) is 13.9 Å². The number of pyridine rings is 1. The summed E-state index contributed by atoms with van der Waals surface area (Å²) in [6.07, 6.45) is 1.18. The lowest BCUT2D eigenvalue weighted by Crippen LogP contribution is -2.51. The summed E-state index contributed by atoms with van der Waals surface area (Å²) in [6, 6.07) is 3.16. The van der Waals surface area contributed by atoms with E-state index in [1.54, 1.807) is 6.07 Å². The minimum Gasteiger partial charge on any atom is -0.396 e. The van der Waals surface area contributed by atoms with Crippen molar-refractivity contribution in [3.63, 3.8) is 0 Å². The van der Waals surface area contributed by atoms with E-state index in [0.29, 0.717) is 16.7 Å². The van der Waals surface area contributed by atoms with Crippen molar-refractivity contribution >= 4 is 17.8 Å². The Balaban J connectivity index is 0.00000240. The minimum absolute atomic E-state index is 0. The number of rotatable bonds is 6. The number of aliphatic hydroxyl groups is 1. The molecule has 2 saturated carbocycles. The summed E-state index contributed by atoms with van der Waals surface area (Å²) in [4.78, 5) is 6.37. The number of hydrogen-bond donors (Lipinski definition) is 1. The van der Waals surface area contributed by atoms with Gasteiger partial charge < -0.3 is 10.0 Å². The fourth-order valence-corrected chi connectivity index (χ4v) is 7.34. The van der Waals surface area contributed by atoms with E-state index in [1.807, 2.05) is 11.9 Å². The molecule has 164 valence electrons. The first-order valence-corrected chi connectivity index (χ1v) is 11.2. The van der Waals surface area contributed by atoms with Crippen LogP contribution in [-0.4, -0.2) is 52.9 Å². The van der Waals surface area contributed by atoms with Crippen LogP contribution in [0, 0.1) is 22.2 Å². The lowest BCUT2D eigenvalue weighted by Gasteiger charge is -2.53. The quantitative estimate of drug-likeness (QED) is 0.657. The molecule has 1 aliphatic heterocycles. The van der Waals surface area contributed by atoms with Gasteiger partial charge in [-0.3, -0.25) is 0 Å². The van der Waals surface area contributed by atoms with Crippen LogP contribution in [0.15, 0.2) is 18.3 Å². The maximum absolute atomic E-state index is 12.7. The highest BCUT2D eigenvalue weighted by molar-refractivity contribution is 7.97. The first-order valence-electron chi connectivity index (χ1n) is 10.3. The number of alkyl halides is 2. The van der Waals surface area contributed by atoms with E-state index < -0.39 is 6.43 Å². The Morgan fingerprint density at radius 2 is 1.86 bits per heavy atom. The van der Waals surface area contributed by atoms with Gasteiger partial charge in [0.05, 0.1) is 6.61 Å². The molecule has 3 atom stereocenters. The van der Waals surface area contributed by atoms with Crippen molar-refractivity contribution < 1.29 is 13.9 Å². The number of hydrogen-bond acceptors (Lipinski definition) is 5. The van der Waals surface area contributed by atoms with Gasteiger partial charge in [0, 0.05) is 49.1 Å². The zero-order chi connectivity index (χ0) is 20.2. The third-order valence-electron chi connectivity index (χ3n) is 8.24. The van der Waals surface area contributed by atoms with E-state index in [4.69, 9.17) is 0 Å². The molecule has 1 aromatic heterocycles. The Morgan fingerprint density at radius 1 is 1.21 bits per heavy atom. The summed E-state index contributed by atoms with van der Waals surface area (Å²) in [6.45, 7) is 10.9. The molecule has 0 bridgehead atoms. The average Bonchev–Trinajstić information content (AvgIpc) is 3.16. The van der Waals surface area contributed by atoms with Crippen molar-refractivity contribution in [2.45, 2.75) is 47.5 Å². The Bertz CT molecular complexity index is 705. The summed E-state index contributed by atoms with van der Waals surface area (Å²) in [5.74, 6) is 2.44. The Labute approximate surface area is 178 Å². The molecule has 3 unspecified atom stereocenters. The predicted octanol–water partition coefficient (Wildman–Crippen LogP) is 4.86. The number of aliphatic hydroxyl groups excluding tert-OH is 1. The van der Waals surface area contributed by atoms with Gasteiger partial charge in [0.15, 0.2) is 0 Å². The van der Waals surface area contributed by atoms with Gasteiger partial charge in [0.1, 0.15) is 5.82 Å². The molecule has 0 radical (unpaired) electrons. The summed E-state index contributed by atoms with van der Waals surface area (Å²) in [7, 11) is 0. The second-order valence-electron chi connectivity index (χ2n) is 9.29. The highest BCUT2D eigenvalue weighted by Crippen LogP contribution is 2.84. The summed E-state index contributed by atoms with van der Waals surface area (Å²) in [5.41, 5.74) is 0.687. The van der Waals surface area contributed by atoms with Crippen molar-refractivity contribution in [1.29, 1.82) is 0 Å². The second-order valence-corrected chi connectivity index (χ2v) is 10.4. The summed E-state index contributed by atoms with van der Waals surface area (Å²) >= 11 is 1.88. The van der Waals surface area contributed by atoms with Gasteiger partial charge in [-0.2, -0.15) is 0 Å². The molecule has 2 aliphatic carbocycles. The van der Waals surface area contributed by atoms with E-state index in [0.717, 1.165) is 44.2 Å². The lowest BCUT2D eigenvalue weighted by atomic mass is 9.55.